The highest BCUT2D eigenvalue weighted by atomic mass is 16.6. The number of hydrogen-bond acceptors (Lipinski definition) is 5. The van der Waals surface area contributed by atoms with Crippen LogP contribution in [0.1, 0.15) is 24.3 Å². The fraction of sp³-hybridized carbons (Fsp3) is 0.500. The van der Waals surface area contributed by atoms with E-state index in [2.05, 4.69) is 6.07 Å². The Bertz CT molecular complexity index is 572. The van der Waals surface area contributed by atoms with Gasteiger partial charge in [-0.25, -0.2) is 0 Å². The molecule has 0 amide bonds. The SMILES string of the molecule is N#CC(C(=O)C1CCCOC1)c1ccc2c(c1)OCCO2. The number of ketones is 1. The van der Waals surface area contributed by atoms with E-state index in [9.17, 15) is 10.1 Å². The molecule has 110 valence electrons. The Labute approximate surface area is 123 Å². The summed E-state index contributed by atoms with van der Waals surface area (Å²) in [5.41, 5.74) is 0.664. The molecule has 2 heterocycles. The second-order valence-corrected chi connectivity index (χ2v) is 5.28. The van der Waals surface area contributed by atoms with Gasteiger partial charge < -0.3 is 14.2 Å². The topological polar surface area (TPSA) is 68.6 Å². The van der Waals surface area contributed by atoms with Crippen LogP contribution in [0.15, 0.2) is 18.2 Å². The minimum absolute atomic E-state index is 0.0612. The number of rotatable bonds is 3. The molecular formula is C16H17NO4. The van der Waals surface area contributed by atoms with Gasteiger partial charge in [0.05, 0.1) is 12.7 Å². The minimum atomic E-state index is -0.771. The van der Waals surface area contributed by atoms with Gasteiger partial charge in [-0.15, -0.1) is 0 Å². The molecule has 0 N–H and O–H groups in total. The number of carbonyl (C=O) groups is 1. The third-order valence-corrected chi connectivity index (χ3v) is 3.88. The number of Topliss-reactive ketones (excluding diaryl/α,β-unsaturated/α-hetero) is 1. The molecular weight excluding hydrogens is 270 g/mol. The first kappa shape index (κ1) is 13.9. The van der Waals surface area contributed by atoms with Crippen LogP contribution < -0.4 is 9.47 Å². The molecule has 0 aliphatic carbocycles. The van der Waals surface area contributed by atoms with E-state index in [0.717, 1.165) is 12.8 Å². The van der Waals surface area contributed by atoms with Crippen molar-refractivity contribution in [1.82, 2.24) is 0 Å². The summed E-state index contributed by atoms with van der Waals surface area (Å²) in [6.07, 6.45) is 1.66. The standard InChI is InChI=1S/C16H17NO4/c17-9-13(16(18)12-2-1-5-19-10-12)11-3-4-14-15(8-11)21-7-6-20-14/h3-4,8,12-13H,1-2,5-7,10H2. The van der Waals surface area contributed by atoms with Crippen molar-refractivity contribution >= 4 is 5.78 Å². The number of nitrogens with zero attached hydrogens (tertiary/aromatic N) is 1. The molecule has 0 aromatic heterocycles. The molecule has 21 heavy (non-hydrogen) atoms. The number of hydrogen-bond donors (Lipinski definition) is 0. The predicted octanol–water partition coefficient (Wildman–Crippen LogP) is 2.06. The normalized spacial score (nSPS) is 22.1. The lowest BCUT2D eigenvalue weighted by Crippen LogP contribution is -2.29. The molecule has 2 atom stereocenters. The van der Waals surface area contributed by atoms with Gasteiger partial charge in [0.2, 0.25) is 0 Å². The van der Waals surface area contributed by atoms with Crippen LogP contribution in [-0.4, -0.2) is 32.2 Å². The molecule has 1 aromatic carbocycles. The largest absolute Gasteiger partial charge is 0.486 e. The smallest absolute Gasteiger partial charge is 0.161 e. The lowest BCUT2D eigenvalue weighted by atomic mass is 9.85. The van der Waals surface area contributed by atoms with Crippen LogP contribution in [0.25, 0.3) is 0 Å². The summed E-state index contributed by atoms with van der Waals surface area (Å²) in [6.45, 7) is 2.12. The molecule has 1 saturated heterocycles. The second-order valence-electron chi connectivity index (χ2n) is 5.28. The Balaban J connectivity index is 1.82. The Morgan fingerprint density at radius 1 is 1.24 bits per heavy atom. The average molecular weight is 287 g/mol. The first-order valence-electron chi connectivity index (χ1n) is 7.20. The van der Waals surface area contributed by atoms with Gasteiger partial charge in [-0.1, -0.05) is 6.07 Å². The van der Waals surface area contributed by atoms with Crippen molar-refractivity contribution in [3.8, 4) is 17.6 Å². The first-order chi connectivity index (χ1) is 10.3. The number of benzene rings is 1. The van der Waals surface area contributed by atoms with Gasteiger partial charge >= 0.3 is 0 Å². The number of carbonyl (C=O) groups excluding carboxylic acids is 1. The van der Waals surface area contributed by atoms with Gasteiger partial charge in [0.1, 0.15) is 19.1 Å². The highest BCUT2D eigenvalue weighted by molar-refractivity contribution is 5.90. The summed E-state index contributed by atoms with van der Waals surface area (Å²) in [5, 5.41) is 9.40. The summed E-state index contributed by atoms with van der Waals surface area (Å²) < 4.78 is 16.3. The Kier molecular flexibility index (Phi) is 4.07. The minimum Gasteiger partial charge on any atom is -0.486 e. The molecule has 0 spiro atoms. The van der Waals surface area contributed by atoms with Crippen LogP contribution in [0, 0.1) is 17.2 Å². The highest BCUT2D eigenvalue weighted by Crippen LogP contribution is 2.34. The molecule has 5 heteroatoms. The molecule has 2 aliphatic heterocycles. The number of fused-ring (bicyclic) bond motifs is 1. The van der Waals surface area contributed by atoms with E-state index in [1.165, 1.54) is 0 Å². The third kappa shape index (κ3) is 2.86. The maximum Gasteiger partial charge on any atom is 0.161 e. The average Bonchev–Trinajstić information content (AvgIpc) is 2.56. The molecule has 2 unspecified atom stereocenters. The zero-order valence-corrected chi connectivity index (χ0v) is 11.7. The molecule has 0 radical (unpaired) electrons. The zero-order chi connectivity index (χ0) is 14.7. The van der Waals surface area contributed by atoms with E-state index in [1.807, 2.05) is 0 Å². The van der Waals surface area contributed by atoms with E-state index < -0.39 is 5.92 Å². The highest BCUT2D eigenvalue weighted by Gasteiger charge is 2.30. The van der Waals surface area contributed by atoms with Crippen molar-refractivity contribution in [2.45, 2.75) is 18.8 Å². The van der Waals surface area contributed by atoms with Crippen LogP contribution in [-0.2, 0) is 9.53 Å². The molecule has 1 aromatic rings. The summed E-state index contributed by atoms with van der Waals surface area (Å²) >= 11 is 0. The van der Waals surface area contributed by atoms with Crippen LogP contribution in [0.4, 0.5) is 0 Å². The van der Waals surface area contributed by atoms with Gasteiger partial charge in [-0.05, 0) is 30.5 Å². The van der Waals surface area contributed by atoms with Gasteiger partial charge in [0, 0.05) is 12.5 Å². The van der Waals surface area contributed by atoms with E-state index in [4.69, 9.17) is 14.2 Å². The Hall–Kier alpha value is -2.06. The van der Waals surface area contributed by atoms with Gasteiger partial charge in [0.25, 0.3) is 0 Å². The molecule has 5 nitrogen and oxygen atoms in total. The molecule has 0 saturated carbocycles. The van der Waals surface area contributed by atoms with Crippen molar-refractivity contribution in [3.63, 3.8) is 0 Å². The Morgan fingerprint density at radius 3 is 2.76 bits per heavy atom. The first-order valence-corrected chi connectivity index (χ1v) is 7.20. The van der Waals surface area contributed by atoms with Crippen molar-refractivity contribution in [2.24, 2.45) is 5.92 Å². The number of ether oxygens (including phenoxy) is 3. The lowest BCUT2D eigenvalue weighted by molar-refractivity contribution is -0.127. The second kappa shape index (κ2) is 6.15. The molecule has 3 rings (SSSR count). The fourth-order valence-electron chi connectivity index (χ4n) is 2.74. The monoisotopic (exact) mass is 287 g/mol. The fourth-order valence-corrected chi connectivity index (χ4v) is 2.74. The summed E-state index contributed by atoms with van der Waals surface area (Å²) in [5.74, 6) is 0.250. The quantitative estimate of drug-likeness (QED) is 0.851. The van der Waals surface area contributed by atoms with Gasteiger partial charge in [-0.3, -0.25) is 4.79 Å². The van der Waals surface area contributed by atoms with E-state index >= 15 is 0 Å². The zero-order valence-electron chi connectivity index (χ0n) is 11.7. The molecule has 1 fully saturated rings. The van der Waals surface area contributed by atoms with Crippen molar-refractivity contribution < 1.29 is 19.0 Å². The van der Waals surface area contributed by atoms with Crippen molar-refractivity contribution in [1.29, 1.82) is 5.26 Å². The van der Waals surface area contributed by atoms with E-state index in [-0.39, 0.29) is 11.7 Å². The van der Waals surface area contributed by atoms with Crippen LogP contribution in [0.5, 0.6) is 11.5 Å². The Morgan fingerprint density at radius 2 is 2.05 bits per heavy atom. The van der Waals surface area contributed by atoms with Crippen molar-refractivity contribution in [3.05, 3.63) is 23.8 Å². The molecule has 0 bridgehead atoms. The summed E-state index contributed by atoms with van der Waals surface area (Å²) in [6, 6.07) is 7.39. The van der Waals surface area contributed by atoms with Gasteiger partial charge in [-0.2, -0.15) is 5.26 Å². The van der Waals surface area contributed by atoms with E-state index in [0.29, 0.717) is 43.5 Å². The third-order valence-electron chi connectivity index (χ3n) is 3.88. The van der Waals surface area contributed by atoms with Gasteiger partial charge in [0.15, 0.2) is 17.3 Å². The van der Waals surface area contributed by atoms with Crippen molar-refractivity contribution in [2.75, 3.05) is 26.4 Å². The maximum atomic E-state index is 12.5. The van der Waals surface area contributed by atoms with E-state index in [1.54, 1.807) is 18.2 Å². The van der Waals surface area contributed by atoms with Crippen LogP contribution in [0.3, 0.4) is 0 Å². The number of nitriles is 1. The molecule has 2 aliphatic rings. The summed E-state index contributed by atoms with van der Waals surface area (Å²) in [7, 11) is 0. The van der Waals surface area contributed by atoms with Crippen LogP contribution >= 0.6 is 0 Å². The predicted molar refractivity (Wildman–Crippen MR) is 74.3 cm³/mol. The summed E-state index contributed by atoms with van der Waals surface area (Å²) in [4.78, 5) is 12.5. The van der Waals surface area contributed by atoms with Crippen LogP contribution in [0.2, 0.25) is 0 Å². The lowest BCUT2D eigenvalue weighted by Gasteiger charge is -2.24. The maximum absolute atomic E-state index is 12.5.